The summed E-state index contributed by atoms with van der Waals surface area (Å²) in [5, 5.41) is 0. The highest BCUT2D eigenvalue weighted by molar-refractivity contribution is 5.99. The molecule has 5 rings (SSSR count). The van der Waals surface area contributed by atoms with Gasteiger partial charge in [0.05, 0.1) is 0 Å². The largest absolute Gasteiger partial charge is 0.456 e. The zero-order valence-corrected chi connectivity index (χ0v) is 16.8. The molecule has 150 valence electrons. The number of nitrogens with zero attached hydrogens (tertiary/aromatic N) is 1. The van der Waals surface area contributed by atoms with Gasteiger partial charge in [-0.1, -0.05) is 31.0 Å². The molecule has 29 heavy (non-hydrogen) atoms. The number of nitrogens with two attached hydrogens (primary N) is 1. The molecule has 2 aromatic rings. The highest BCUT2D eigenvalue weighted by Gasteiger charge is 2.27. The van der Waals surface area contributed by atoms with Gasteiger partial charge in [0, 0.05) is 36.3 Å². The first-order valence-corrected chi connectivity index (χ1v) is 10.8. The van der Waals surface area contributed by atoms with Crippen LogP contribution in [0.25, 0.3) is 11.1 Å². The average Bonchev–Trinajstić information content (AvgIpc) is 3.09. The number of amides is 1. The van der Waals surface area contributed by atoms with E-state index in [1.165, 1.54) is 48.9 Å². The van der Waals surface area contributed by atoms with Crippen LogP contribution in [-0.4, -0.2) is 30.4 Å². The molecular formula is C25H28N2O2. The number of benzene rings is 2. The minimum Gasteiger partial charge on any atom is -0.456 e. The molecule has 2 N–H and O–H groups in total. The van der Waals surface area contributed by atoms with Crippen molar-refractivity contribution in [3.05, 3.63) is 59.2 Å². The van der Waals surface area contributed by atoms with Crippen molar-refractivity contribution in [2.45, 2.75) is 38.5 Å². The van der Waals surface area contributed by atoms with Crippen LogP contribution < -0.4 is 10.5 Å². The molecule has 0 bridgehead atoms. The van der Waals surface area contributed by atoms with Gasteiger partial charge in [-0.25, -0.2) is 0 Å². The lowest BCUT2D eigenvalue weighted by Gasteiger charge is -2.24. The Hall–Kier alpha value is -2.59. The second kappa shape index (κ2) is 7.68. The lowest BCUT2D eigenvalue weighted by molar-refractivity contribution is 0.1000. The van der Waals surface area contributed by atoms with Crippen molar-refractivity contribution >= 4 is 17.1 Å². The van der Waals surface area contributed by atoms with E-state index < -0.39 is 5.91 Å². The maximum atomic E-state index is 11.8. The Morgan fingerprint density at radius 3 is 2.41 bits per heavy atom. The van der Waals surface area contributed by atoms with E-state index in [1.54, 1.807) is 6.07 Å². The number of hydrogen-bond acceptors (Lipinski definition) is 3. The molecule has 0 saturated heterocycles. The van der Waals surface area contributed by atoms with Crippen molar-refractivity contribution in [1.82, 2.24) is 4.90 Å². The maximum Gasteiger partial charge on any atom is 0.248 e. The zero-order chi connectivity index (χ0) is 19.8. The SMILES string of the molecule is NC(=O)c1ccc2c(c1)C1=C(CCN(CC3CCCC3)CC1)c1ccccc1O2. The number of ether oxygens (including phenoxy) is 1. The summed E-state index contributed by atoms with van der Waals surface area (Å²) in [4.78, 5) is 14.5. The molecule has 1 aliphatic carbocycles. The van der Waals surface area contributed by atoms with E-state index >= 15 is 0 Å². The van der Waals surface area contributed by atoms with Crippen molar-refractivity contribution in [3.63, 3.8) is 0 Å². The molecule has 3 aliphatic rings. The fourth-order valence-electron chi connectivity index (χ4n) is 5.22. The van der Waals surface area contributed by atoms with Gasteiger partial charge >= 0.3 is 0 Å². The summed E-state index contributed by atoms with van der Waals surface area (Å²) in [5.41, 5.74) is 11.0. The van der Waals surface area contributed by atoms with Crippen molar-refractivity contribution in [3.8, 4) is 11.5 Å². The first kappa shape index (κ1) is 18.4. The first-order chi connectivity index (χ1) is 14.2. The molecule has 0 unspecified atom stereocenters. The normalized spacial score (nSPS) is 19.6. The molecule has 4 heteroatoms. The summed E-state index contributed by atoms with van der Waals surface area (Å²) in [6.07, 6.45) is 7.51. The highest BCUT2D eigenvalue weighted by Crippen LogP contribution is 2.46. The van der Waals surface area contributed by atoms with E-state index in [-0.39, 0.29) is 0 Å². The van der Waals surface area contributed by atoms with Crippen molar-refractivity contribution < 1.29 is 9.53 Å². The number of carbonyl (C=O) groups excluding carboxylic acids is 1. The minimum absolute atomic E-state index is 0.395. The van der Waals surface area contributed by atoms with Crippen molar-refractivity contribution in [2.24, 2.45) is 11.7 Å². The van der Waals surface area contributed by atoms with Gasteiger partial charge in [0.25, 0.3) is 0 Å². The Morgan fingerprint density at radius 1 is 0.966 bits per heavy atom. The number of rotatable bonds is 3. The topological polar surface area (TPSA) is 55.6 Å². The Kier molecular flexibility index (Phi) is 4.88. The molecule has 0 spiro atoms. The Bertz CT molecular complexity index is 973. The van der Waals surface area contributed by atoms with Crippen LogP contribution in [-0.2, 0) is 0 Å². The van der Waals surface area contributed by atoms with Crippen LogP contribution in [0.3, 0.4) is 0 Å². The zero-order valence-electron chi connectivity index (χ0n) is 16.8. The predicted octanol–water partition coefficient (Wildman–Crippen LogP) is 5.09. The molecule has 1 saturated carbocycles. The first-order valence-electron chi connectivity index (χ1n) is 10.8. The lowest BCUT2D eigenvalue weighted by Crippen LogP contribution is -2.30. The second-order valence-corrected chi connectivity index (χ2v) is 8.58. The lowest BCUT2D eigenvalue weighted by atomic mass is 9.90. The molecule has 0 atom stereocenters. The van der Waals surface area contributed by atoms with Crippen molar-refractivity contribution in [1.29, 1.82) is 0 Å². The third-order valence-corrected chi connectivity index (χ3v) is 6.73. The van der Waals surface area contributed by atoms with E-state index in [4.69, 9.17) is 10.5 Å². The van der Waals surface area contributed by atoms with Gasteiger partial charge in [-0.05, 0) is 67.0 Å². The van der Waals surface area contributed by atoms with Gasteiger partial charge < -0.3 is 15.4 Å². The molecule has 2 heterocycles. The summed E-state index contributed by atoms with van der Waals surface area (Å²) < 4.78 is 6.30. The maximum absolute atomic E-state index is 11.8. The summed E-state index contributed by atoms with van der Waals surface area (Å²) in [5.74, 6) is 2.18. The highest BCUT2D eigenvalue weighted by atomic mass is 16.5. The number of hydrogen-bond donors (Lipinski definition) is 1. The second-order valence-electron chi connectivity index (χ2n) is 8.58. The number of fused-ring (bicyclic) bond motifs is 4. The molecule has 0 aromatic heterocycles. The van der Waals surface area contributed by atoms with Crippen LogP contribution in [0.1, 0.15) is 60.0 Å². The quantitative estimate of drug-likeness (QED) is 0.797. The Balaban J connectivity index is 1.54. The van der Waals surface area contributed by atoms with Crippen LogP contribution in [0.4, 0.5) is 0 Å². The molecule has 4 nitrogen and oxygen atoms in total. The smallest absolute Gasteiger partial charge is 0.248 e. The van der Waals surface area contributed by atoms with Crippen LogP contribution in [0, 0.1) is 5.92 Å². The molecule has 0 radical (unpaired) electrons. The van der Waals surface area contributed by atoms with Crippen LogP contribution in [0.15, 0.2) is 42.5 Å². The van der Waals surface area contributed by atoms with E-state index in [2.05, 4.69) is 17.0 Å². The molecule has 2 aromatic carbocycles. The molecular weight excluding hydrogens is 360 g/mol. The fraction of sp³-hybridized carbons (Fsp3) is 0.400. The Morgan fingerprint density at radius 2 is 1.66 bits per heavy atom. The average molecular weight is 389 g/mol. The van der Waals surface area contributed by atoms with E-state index in [0.29, 0.717) is 5.56 Å². The minimum atomic E-state index is -0.395. The van der Waals surface area contributed by atoms with Gasteiger partial charge in [-0.15, -0.1) is 0 Å². The van der Waals surface area contributed by atoms with Gasteiger partial charge in [0.15, 0.2) is 0 Å². The standard InChI is InChI=1S/C25H28N2O2/c26-25(28)18-9-10-24-22(15-18)20-12-14-27(16-17-5-1-2-6-17)13-11-19(20)21-7-3-4-8-23(21)29-24/h3-4,7-10,15,17H,1-2,5-6,11-14,16H2,(H2,26,28). The summed E-state index contributed by atoms with van der Waals surface area (Å²) in [6.45, 7) is 3.35. The molecule has 1 fully saturated rings. The van der Waals surface area contributed by atoms with E-state index in [0.717, 1.165) is 48.9 Å². The summed E-state index contributed by atoms with van der Waals surface area (Å²) in [7, 11) is 0. The monoisotopic (exact) mass is 388 g/mol. The third-order valence-electron chi connectivity index (χ3n) is 6.73. The molecule has 2 aliphatic heterocycles. The van der Waals surface area contributed by atoms with E-state index in [9.17, 15) is 4.79 Å². The third kappa shape index (κ3) is 3.58. The Labute approximate surface area is 172 Å². The molecule has 1 amide bonds. The van der Waals surface area contributed by atoms with Gasteiger partial charge in [-0.2, -0.15) is 0 Å². The summed E-state index contributed by atoms with van der Waals surface area (Å²) in [6, 6.07) is 13.9. The van der Waals surface area contributed by atoms with Crippen molar-refractivity contribution in [2.75, 3.05) is 19.6 Å². The number of primary amides is 1. The van der Waals surface area contributed by atoms with Gasteiger partial charge in [-0.3, -0.25) is 4.79 Å². The van der Waals surface area contributed by atoms with E-state index in [1.807, 2.05) is 24.3 Å². The summed E-state index contributed by atoms with van der Waals surface area (Å²) >= 11 is 0. The fourth-order valence-corrected chi connectivity index (χ4v) is 5.22. The number of para-hydroxylation sites is 1. The van der Waals surface area contributed by atoms with Crippen LogP contribution >= 0.6 is 0 Å². The number of carbonyl (C=O) groups is 1. The predicted molar refractivity (Wildman–Crippen MR) is 116 cm³/mol. The van der Waals surface area contributed by atoms with Gasteiger partial charge in [0.1, 0.15) is 11.5 Å². The van der Waals surface area contributed by atoms with Gasteiger partial charge in [0.2, 0.25) is 5.91 Å². The van der Waals surface area contributed by atoms with Crippen LogP contribution in [0.5, 0.6) is 11.5 Å². The van der Waals surface area contributed by atoms with Crippen LogP contribution in [0.2, 0.25) is 0 Å².